The molecule has 0 spiro atoms. The number of nitriles is 1. The molecule has 3 amide bonds. The average Bonchev–Trinajstić information content (AvgIpc) is 2.63. The molecule has 144 valence electrons. The lowest BCUT2D eigenvalue weighted by atomic mass is 10.1. The Morgan fingerprint density at radius 1 is 1.32 bits per heavy atom. The number of urea groups is 1. The van der Waals surface area contributed by atoms with E-state index in [0.29, 0.717) is 6.07 Å². The quantitative estimate of drug-likeness (QED) is 0.844. The molecule has 3 rings (SSSR count). The molecule has 2 N–H and O–H groups in total. The summed E-state index contributed by atoms with van der Waals surface area (Å²) in [7, 11) is 0. The van der Waals surface area contributed by atoms with Crippen LogP contribution in [0.4, 0.5) is 23.7 Å². The second-order valence-corrected chi connectivity index (χ2v) is 6.31. The van der Waals surface area contributed by atoms with E-state index in [4.69, 9.17) is 5.26 Å². The Kier molecular flexibility index (Phi) is 5.22. The monoisotopic (exact) mass is 388 g/mol. The summed E-state index contributed by atoms with van der Waals surface area (Å²) in [5.74, 6) is -2.90. The number of benzene rings is 2. The van der Waals surface area contributed by atoms with Crippen molar-refractivity contribution in [2.45, 2.75) is 19.5 Å². The fourth-order valence-electron chi connectivity index (χ4n) is 2.95. The topological polar surface area (TPSA) is 85.2 Å². The third-order valence-electron chi connectivity index (χ3n) is 4.38. The van der Waals surface area contributed by atoms with Gasteiger partial charge in [-0.3, -0.25) is 4.79 Å². The number of rotatable bonds is 4. The van der Waals surface area contributed by atoms with E-state index in [1.54, 1.807) is 6.07 Å². The van der Waals surface area contributed by atoms with Gasteiger partial charge in [0.05, 0.1) is 23.8 Å². The third kappa shape index (κ3) is 3.76. The molecular formula is C19H15F3N4O2. The molecule has 6 nitrogen and oxygen atoms in total. The molecule has 1 aliphatic heterocycles. The van der Waals surface area contributed by atoms with Crippen molar-refractivity contribution in [1.29, 1.82) is 5.26 Å². The largest absolute Gasteiger partial charge is 0.348 e. The molecule has 0 bridgehead atoms. The number of amides is 3. The summed E-state index contributed by atoms with van der Waals surface area (Å²) in [6.45, 7) is 0.905. The highest BCUT2D eigenvalue weighted by Crippen LogP contribution is 2.27. The van der Waals surface area contributed by atoms with Gasteiger partial charge in [0.15, 0.2) is 0 Å². The van der Waals surface area contributed by atoms with Crippen molar-refractivity contribution in [2.75, 3.05) is 11.9 Å². The van der Waals surface area contributed by atoms with Crippen molar-refractivity contribution in [2.24, 2.45) is 0 Å². The van der Waals surface area contributed by atoms with Crippen LogP contribution in [-0.2, 0) is 11.3 Å². The standard InChI is InChI=1S/C19H15F3N4O2/c1-10(13-4-3-12(20)6-15(13)21)24-17(27)9-26-8-14-16(25-19(26)28)5-2-11(7-23)18(14)22/h2-6,10H,8-9H2,1H3,(H,24,27)(H,25,28)/t10-/m0/s1. The molecule has 0 unspecified atom stereocenters. The minimum atomic E-state index is -0.802. The van der Waals surface area contributed by atoms with Crippen molar-refractivity contribution in [3.05, 3.63) is 64.5 Å². The Bertz CT molecular complexity index is 1000. The highest BCUT2D eigenvalue weighted by Gasteiger charge is 2.28. The summed E-state index contributed by atoms with van der Waals surface area (Å²) in [6.07, 6.45) is 0. The molecule has 0 fully saturated rings. The van der Waals surface area contributed by atoms with Gasteiger partial charge in [-0.15, -0.1) is 0 Å². The SMILES string of the molecule is C[C@H](NC(=O)CN1Cc2c(ccc(C#N)c2F)NC1=O)c1ccc(F)cc1F. The number of fused-ring (bicyclic) bond motifs is 1. The molecule has 0 aromatic heterocycles. The minimum absolute atomic E-state index is 0.0906. The summed E-state index contributed by atoms with van der Waals surface area (Å²) in [5.41, 5.74) is 0.261. The molecule has 9 heteroatoms. The zero-order valence-corrected chi connectivity index (χ0v) is 14.7. The first-order chi connectivity index (χ1) is 13.3. The van der Waals surface area contributed by atoms with Crippen LogP contribution in [0.2, 0.25) is 0 Å². The fraction of sp³-hybridized carbons (Fsp3) is 0.211. The first kappa shape index (κ1) is 19.2. The van der Waals surface area contributed by atoms with Gasteiger partial charge in [-0.05, 0) is 25.1 Å². The van der Waals surface area contributed by atoms with Gasteiger partial charge in [-0.1, -0.05) is 6.07 Å². The van der Waals surface area contributed by atoms with Gasteiger partial charge in [0.1, 0.15) is 30.1 Å². The highest BCUT2D eigenvalue weighted by molar-refractivity contribution is 5.95. The van der Waals surface area contributed by atoms with Crippen molar-refractivity contribution in [3.63, 3.8) is 0 Å². The average molecular weight is 388 g/mol. The van der Waals surface area contributed by atoms with Crippen molar-refractivity contribution in [3.8, 4) is 6.07 Å². The molecule has 2 aromatic rings. The van der Waals surface area contributed by atoms with Crippen molar-refractivity contribution in [1.82, 2.24) is 10.2 Å². The Hall–Kier alpha value is -3.54. The van der Waals surface area contributed by atoms with E-state index in [1.165, 1.54) is 25.1 Å². The maximum absolute atomic E-state index is 14.3. The molecule has 0 saturated carbocycles. The minimum Gasteiger partial charge on any atom is -0.348 e. The van der Waals surface area contributed by atoms with E-state index in [2.05, 4.69) is 10.6 Å². The number of nitrogens with one attached hydrogen (secondary N) is 2. The van der Waals surface area contributed by atoms with Gasteiger partial charge in [0.2, 0.25) is 5.91 Å². The molecular weight excluding hydrogens is 373 g/mol. The number of hydrogen-bond donors (Lipinski definition) is 2. The molecule has 2 aromatic carbocycles. The molecule has 0 aliphatic carbocycles. The fourth-order valence-corrected chi connectivity index (χ4v) is 2.95. The van der Waals surface area contributed by atoms with Crippen LogP contribution >= 0.6 is 0 Å². The zero-order chi connectivity index (χ0) is 20.4. The van der Waals surface area contributed by atoms with Gasteiger partial charge in [0.25, 0.3) is 0 Å². The summed E-state index contributed by atoms with van der Waals surface area (Å²) in [5, 5.41) is 13.9. The van der Waals surface area contributed by atoms with E-state index in [9.17, 15) is 22.8 Å². The van der Waals surface area contributed by atoms with E-state index in [1.807, 2.05) is 0 Å². The number of carbonyl (C=O) groups excluding carboxylic acids is 2. The van der Waals surface area contributed by atoms with Gasteiger partial charge in [-0.2, -0.15) is 5.26 Å². The Morgan fingerprint density at radius 2 is 2.07 bits per heavy atom. The molecule has 28 heavy (non-hydrogen) atoms. The number of hydrogen-bond acceptors (Lipinski definition) is 3. The maximum Gasteiger partial charge on any atom is 0.322 e. The van der Waals surface area contributed by atoms with Crippen molar-refractivity contribution < 1.29 is 22.8 Å². The summed E-state index contributed by atoms with van der Waals surface area (Å²) in [6, 6.07) is 6.03. The Morgan fingerprint density at radius 3 is 2.75 bits per heavy atom. The molecule has 1 heterocycles. The normalized spacial score (nSPS) is 14.0. The van der Waals surface area contributed by atoms with Gasteiger partial charge < -0.3 is 15.5 Å². The van der Waals surface area contributed by atoms with Crippen LogP contribution in [0.1, 0.15) is 29.7 Å². The van der Waals surface area contributed by atoms with Crippen LogP contribution in [0.3, 0.4) is 0 Å². The highest BCUT2D eigenvalue weighted by atomic mass is 19.1. The predicted octanol–water partition coefficient (Wildman–Crippen LogP) is 3.20. The number of anilines is 1. The van der Waals surface area contributed by atoms with E-state index >= 15 is 0 Å². The Balaban J connectivity index is 1.70. The van der Waals surface area contributed by atoms with Crippen LogP contribution in [0.5, 0.6) is 0 Å². The maximum atomic E-state index is 14.3. The van der Waals surface area contributed by atoms with E-state index < -0.39 is 42.0 Å². The molecule has 1 aliphatic rings. The number of nitrogens with zero attached hydrogens (tertiary/aromatic N) is 2. The zero-order valence-electron chi connectivity index (χ0n) is 14.7. The second kappa shape index (κ2) is 7.60. The van der Waals surface area contributed by atoms with Gasteiger partial charge >= 0.3 is 6.03 Å². The lowest BCUT2D eigenvalue weighted by Gasteiger charge is -2.29. The van der Waals surface area contributed by atoms with Crippen molar-refractivity contribution >= 4 is 17.6 Å². The Labute approximate surface area is 158 Å². The number of carbonyl (C=O) groups is 2. The third-order valence-corrected chi connectivity index (χ3v) is 4.38. The van der Waals surface area contributed by atoms with Crippen LogP contribution < -0.4 is 10.6 Å². The lowest BCUT2D eigenvalue weighted by molar-refractivity contribution is -0.122. The van der Waals surface area contributed by atoms with Gasteiger partial charge in [0, 0.05) is 17.2 Å². The van der Waals surface area contributed by atoms with E-state index in [0.717, 1.165) is 11.0 Å². The predicted molar refractivity (Wildman–Crippen MR) is 93.5 cm³/mol. The van der Waals surface area contributed by atoms with Crippen LogP contribution in [0, 0.1) is 28.8 Å². The van der Waals surface area contributed by atoms with Crippen LogP contribution in [-0.4, -0.2) is 23.4 Å². The molecule has 1 atom stereocenters. The first-order valence-corrected chi connectivity index (χ1v) is 8.32. The lowest BCUT2D eigenvalue weighted by Crippen LogP contribution is -2.45. The molecule has 0 saturated heterocycles. The smallest absolute Gasteiger partial charge is 0.322 e. The van der Waals surface area contributed by atoms with Gasteiger partial charge in [-0.25, -0.2) is 18.0 Å². The molecule has 0 radical (unpaired) electrons. The number of halogens is 3. The second-order valence-electron chi connectivity index (χ2n) is 6.31. The summed E-state index contributed by atoms with van der Waals surface area (Å²) in [4.78, 5) is 25.5. The summed E-state index contributed by atoms with van der Waals surface area (Å²) < 4.78 is 41.2. The van der Waals surface area contributed by atoms with Crippen LogP contribution in [0.25, 0.3) is 0 Å². The van der Waals surface area contributed by atoms with E-state index in [-0.39, 0.29) is 28.9 Å². The summed E-state index contributed by atoms with van der Waals surface area (Å²) >= 11 is 0. The first-order valence-electron chi connectivity index (χ1n) is 8.32. The van der Waals surface area contributed by atoms with Crippen LogP contribution in [0.15, 0.2) is 30.3 Å².